The van der Waals surface area contributed by atoms with E-state index in [1.165, 1.54) is 13.0 Å². The highest BCUT2D eigenvalue weighted by atomic mass is 16.7. The monoisotopic (exact) mass is 257 g/mol. The first-order valence-electron chi connectivity index (χ1n) is 6.88. The lowest BCUT2D eigenvalue weighted by molar-refractivity contribution is -0.138. The minimum Gasteiger partial charge on any atom is -0.481 e. The third kappa shape index (κ3) is 3.93. The average Bonchev–Trinajstić information content (AvgIpc) is 2.96. The average molecular weight is 257 g/mol. The van der Waals surface area contributed by atoms with Gasteiger partial charge in [-0.2, -0.15) is 0 Å². The lowest BCUT2D eigenvalue weighted by Crippen LogP contribution is -2.22. The number of rotatable bonds is 6. The third-order valence-electron chi connectivity index (χ3n) is 3.84. The zero-order valence-corrected chi connectivity index (χ0v) is 11.0. The fourth-order valence-corrected chi connectivity index (χ4v) is 2.73. The molecule has 0 amide bonds. The van der Waals surface area contributed by atoms with E-state index >= 15 is 0 Å². The number of carboxylic acid groups (broad SMARTS) is 1. The minimum atomic E-state index is -0.767. The Kier molecular flexibility index (Phi) is 4.97. The highest BCUT2D eigenvalue weighted by Crippen LogP contribution is 2.26. The van der Waals surface area contributed by atoms with Crippen molar-refractivity contribution in [3.05, 3.63) is 0 Å². The van der Waals surface area contributed by atoms with Crippen molar-refractivity contribution in [2.24, 2.45) is 5.92 Å². The summed E-state index contributed by atoms with van der Waals surface area (Å²) in [5, 5.41) is 8.62. The predicted molar refractivity (Wildman–Crippen MR) is 66.3 cm³/mol. The van der Waals surface area contributed by atoms with Gasteiger partial charge in [-0.05, 0) is 31.8 Å². The zero-order chi connectivity index (χ0) is 13.0. The van der Waals surface area contributed by atoms with Gasteiger partial charge in [0.1, 0.15) is 0 Å². The first-order chi connectivity index (χ1) is 8.67. The van der Waals surface area contributed by atoms with Crippen LogP contribution >= 0.6 is 0 Å². The summed E-state index contributed by atoms with van der Waals surface area (Å²) in [4.78, 5) is 12.9. The fourth-order valence-electron chi connectivity index (χ4n) is 2.73. The molecule has 2 aliphatic rings. The van der Waals surface area contributed by atoms with Crippen molar-refractivity contribution in [2.45, 2.75) is 45.0 Å². The Morgan fingerprint density at radius 1 is 1.50 bits per heavy atom. The van der Waals surface area contributed by atoms with Crippen molar-refractivity contribution in [1.29, 1.82) is 0 Å². The van der Waals surface area contributed by atoms with Crippen LogP contribution in [0.5, 0.6) is 0 Å². The largest absolute Gasteiger partial charge is 0.481 e. The van der Waals surface area contributed by atoms with Gasteiger partial charge in [0.2, 0.25) is 0 Å². The highest BCUT2D eigenvalue weighted by Gasteiger charge is 2.31. The van der Waals surface area contributed by atoms with Crippen molar-refractivity contribution in [3.63, 3.8) is 0 Å². The Hall–Kier alpha value is -0.650. The fraction of sp³-hybridized carbons (Fsp3) is 0.923. The number of ether oxygens (including phenoxy) is 2. The van der Waals surface area contributed by atoms with Gasteiger partial charge in [0.25, 0.3) is 0 Å². The van der Waals surface area contributed by atoms with Crippen LogP contribution in [0.25, 0.3) is 0 Å². The van der Waals surface area contributed by atoms with Gasteiger partial charge in [-0.15, -0.1) is 0 Å². The molecule has 0 aromatic heterocycles. The van der Waals surface area contributed by atoms with Crippen LogP contribution in [0.4, 0.5) is 0 Å². The summed E-state index contributed by atoms with van der Waals surface area (Å²) in [7, 11) is 0. The number of carboxylic acids is 1. The lowest BCUT2D eigenvalue weighted by Gasteiger charge is -2.16. The molecule has 0 aromatic carbocycles. The van der Waals surface area contributed by atoms with Gasteiger partial charge in [-0.1, -0.05) is 6.92 Å². The molecule has 5 heteroatoms. The molecule has 1 N–H and O–H groups in total. The van der Waals surface area contributed by atoms with Crippen molar-refractivity contribution in [3.8, 4) is 0 Å². The number of aliphatic carboxylic acids is 1. The predicted octanol–water partition coefficient (Wildman–Crippen LogP) is 1.32. The van der Waals surface area contributed by atoms with Gasteiger partial charge in [-0.25, -0.2) is 0 Å². The van der Waals surface area contributed by atoms with Crippen molar-refractivity contribution in [2.75, 3.05) is 26.2 Å². The summed E-state index contributed by atoms with van der Waals surface area (Å²) in [5.74, 6) is -0.107. The minimum absolute atomic E-state index is 0.0326. The van der Waals surface area contributed by atoms with E-state index in [2.05, 4.69) is 11.8 Å². The number of nitrogens with zero attached hydrogens (tertiary/aromatic N) is 1. The first-order valence-corrected chi connectivity index (χ1v) is 6.88. The van der Waals surface area contributed by atoms with Crippen molar-refractivity contribution >= 4 is 5.97 Å². The number of likely N-dealkylation sites (tertiary alicyclic amines) is 1. The maximum atomic E-state index is 10.5. The van der Waals surface area contributed by atoms with Gasteiger partial charge in [-0.3, -0.25) is 4.79 Å². The standard InChI is InChI=1S/C13H23NO4/c1-2-14-6-5-10(8-14)7-13-17-9-11(18-13)3-4-12(15)16/h10-11,13H,2-9H2,1H3,(H,15,16). The molecule has 2 heterocycles. The van der Waals surface area contributed by atoms with Crippen LogP contribution in [-0.2, 0) is 14.3 Å². The van der Waals surface area contributed by atoms with Gasteiger partial charge in [0, 0.05) is 19.4 Å². The molecule has 2 aliphatic heterocycles. The van der Waals surface area contributed by atoms with Gasteiger partial charge >= 0.3 is 5.97 Å². The highest BCUT2D eigenvalue weighted by molar-refractivity contribution is 5.66. The van der Waals surface area contributed by atoms with Crippen LogP contribution < -0.4 is 0 Å². The van der Waals surface area contributed by atoms with Crippen molar-refractivity contribution in [1.82, 2.24) is 4.90 Å². The molecule has 0 aliphatic carbocycles. The summed E-state index contributed by atoms with van der Waals surface area (Å²) < 4.78 is 11.3. The second-order valence-electron chi connectivity index (χ2n) is 5.24. The Labute approximate surface area is 108 Å². The van der Waals surface area contributed by atoms with Crippen LogP contribution in [0.1, 0.15) is 32.6 Å². The lowest BCUT2D eigenvalue weighted by atomic mass is 10.1. The molecule has 104 valence electrons. The van der Waals surface area contributed by atoms with Gasteiger partial charge < -0.3 is 19.5 Å². The first kappa shape index (κ1) is 13.8. The molecule has 2 rings (SSSR count). The van der Waals surface area contributed by atoms with Gasteiger partial charge in [0.05, 0.1) is 12.7 Å². The Balaban J connectivity index is 1.65. The summed E-state index contributed by atoms with van der Waals surface area (Å²) >= 11 is 0. The SMILES string of the molecule is CCN1CCC(CC2OCC(CCC(=O)O)O2)C1. The van der Waals surface area contributed by atoms with Crippen LogP contribution in [0, 0.1) is 5.92 Å². The van der Waals surface area contributed by atoms with Crippen molar-refractivity contribution < 1.29 is 19.4 Å². The Morgan fingerprint density at radius 3 is 3.00 bits per heavy atom. The summed E-state index contributed by atoms with van der Waals surface area (Å²) in [6, 6.07) is 0. The van der Waals surface area contributed by atoms with Crippen LogP contribution in [-0.4, -0.2) is 54.6 Å². The van der Waals surface area contributed by atoms with E-state index in [1.807, 2.05) is 0 Å². The normalized spacial score (nSPS) is 33.1. The molecule has 2 fully saturated rings. The maximum absolute atomic E-state index is 10.5. The molecule has 2 saturated heterocycles. The molecule has 0 aromatic rings. The molecule has 0 radical (unpaired) electrons. The molecule has 0 bridgehead atoms. The summed E-state index contributed by atoms with van der Waals surface area (Å²) in [6.07, 6.45) is 2.72. The van der Waals surface area contributed by atoms with Crippen LogP contribution in [0.2, 0.25) is 0 Å². The molecule has 18 heavy (non-hydrogen) atoms. The Bertz CT molecular complexity index is 284. The Morgan fingerprint density at radius 2 is 2.33 bits per heavy atom. The molecule has 3 atom stereocenters. The van der Waals surface area contributed by atoms with Gasteiger partial charge in [0.15, 0.2) is 6.29 Å². The molecular formula is C13H23NO4. The number of carbonyl (C=O) groups is 1. The summed E-state index contributed by atoms with van der Waals surface area (Å²) in [5.41, 5.74) is 0. The smallest absolute Gasteiger partial charge is 0.303 e. The van der Waals surface area contributed by atoms with Crippen LogP contribution in [0.3, 0.4) is 0 Å². The molecule has 0 saturated carbocycles. The number of hydrogen-bond acceptors (Lipinski definition) is 4. The van der Waals surface area contributed by atoms with Crippen LogP contribution in [0.15, 0.2) is 0 Å². The zero-order valence-electron chi connectivity index (χ0n) is 11.0. The molecular weight excluding hydrogens is 234 g/mol. The van der Waals surface area contributed by atoms with E-state index in [-0.39, 0.29) is 18.8 Å². The van der Waals surface area contributed by atoms with E-state index in [4.69, 9.17) is 14.6 Å². The van der Waals surface area contributed by atoms with E-state index in [1.54, 1.807) is 0 Å². The van der Waals surface area contributed by atoms with E-state index in [0.29, 0.717) is 18.9 Å². The second-order valence-corrected chi connectivity index (χ2v) is 5.24. The van der Waals surface area contributed by atoms with E-state index < -0.39 is 5.97 Å². The van der Waals surface area contributed by atoms with E-state index in [9.17, 15) is 4.79 Å². The topological polar surface area (TPSA) is 59.0 Å². The second kappa shape index (κ2) is 6.50. The molecule has 3 unspecified atom stereocenters. The molecule has 0 spiro atoms. The molecule has 5 nitrogen and oxygen atoms in total. The number of hydrogen-bond donors (Lipinski definition) is 1. The quantitative estimate of drug-likeness (QED) is 0.777. The third-order valence-corrected chi connectivity index (χ3v) is 3.84. The van der Waals surface area contributed by atoms with E-state index in [0.717, 1.165) is 19.5 Å². The summed E-state index contributed by atoms with van der Waals surface area (Å²) in [6.45, 7) is 6.16. The maximum Gasteiger partial charge on any atom is 0.303 e.